The second-order valence-electron chi connectivity index (χ2n) is 3.40. The quantitative estimate of drug-likeness (QED) is 0.596. The molecule has 0 unspecified atom stereocenters. The van der Waals surface area contributed by atoms with Crippen LogP contribution in [0.1, 0.15) is 40.5 Å². The molecule has 72 valence electrons. The largest absolute Gasteiger partial charge is 0.466 e. The van der Waals surface area contributed by atoms with Crippen molar-refractivity contribution in [1.29, 1.82) is 0 Å². The lowest BCUT2D eigenvalue weighted by Gasteiger charge is -2.14. The Morgan fingerprint density at radius 1 is 1.33 bits per heavy atom. The molecular weight excluding hydrogens is 152 g/mol. The van der Waals surface area contributed by atoms with Crippen molar-refractivity contribution in [2.45, 2.75) is 40.5 Å². The Kier molecular flexibility index (Phi) is 5.77. The molecule has 0 spiro atoms. The van der Waals surface area contributed by atoms with Crippen LogP contribution in [0.15, 0.2) is 0 Å². The van der Waals surface area contributed by atoms with Crippen molar-refractivity contribution in [2.24, 2.45) is 11.8 Å². The van der Waals surface area contributed by atoms with E-state index in [0.717, 1.165) is 12.8 Å². The van der Waals surface area contributed by atoms with Gasteiger partial charge < -0.3 is 4.74 Å². The minimum absolute atomic E-state index is 0.0555. The molecule has 0 aliphatic heterocycles. The van der Waals surface area contributed by atoms with Crippen LogP contribution in [0.4, 0.5) is 0 Å². The van der Waals surface area contributed by atoms with E-state index in [1.807, 2.05) is 13.8 Å². The topological polar surface area (TPSA) is 26.3 Å². The monoisotopic (exact) mass is 172 g/mol. The summed E-state index contributed by atoms with van der Waals surface area (Å²) in [6, 6.07) is 0. The summed E-state index contributed by atoms with van der Waals surface area (Å²) in [6.45, 7) is 8.57. The Morgan fingerprint density at radius 3 is 2.33 bits per heavy atom. The first-order valence-corrected chi connectivity index (χ1v) is 4.78. The first-order chi connectivity index (χ1) is 5.61. The van der Waals surface area contributed by atoms with E-state index < -0.39 is 0 Å². The lowest BCUT2D eigenvalue weighted by atomic mass is 9.95. The van der Waals surface area contributed by atoms with E-state index in [4.69, 9.17) is 4.74 Å². The van der Waals surface area contributed by atoms with Crippen LogP contribution in [0.3, 0.4) is 0 Å². The number of carbonyl (C=O) groups excluding carboxylic acids is 1. The van der Waals surface area contributed by atoms with Gasteiger partial charge in [0, 0.05) is 0 Å². The van der Waals surface area contributed by atoms with Crippen molar-refractivity contribution < 1.29 is 9.53 Å². The van der Waals surface area contributed by atoms with Crippen molar-refractivity contribution in [3.63, 3.8) is 0 Å². The molecule has 0 aliphatic carbocycles. The molecule has 0 aromatic rings. The van der Waals surface area contributed by atoms with Gasteiger partial charge in [0.15, 0.2) is 0 Å². The lowest BCUT2D eigenvalue weighted by molar-refractivity contribution is -0.147. The Morgan fingerprint density at radius 2 is 1.92 bits per heavy atom. The first kappa shape index (κ1) is 11.5. The molecule has 12 heavy (non-hydrogen) atoms. The molecule has 0 rings (SSSR count). The van der Waals surface area contributed by atoms with Gasteiger partial charge in [-0.25, -0.2) is 0 Å². The Bertz CT molecular complexity index is 132. The number of carbonyl (C=O) groups is 1. The van der Waals surface area contributed by atoms with Gasteiger partial charge in [-0.1, -0.05) is 27.2 Å². The van der Waals surface area contributed by atoms with Gasteiger partial charge in [-0.3, -0.25) is 4.79 Å². The van der Waals surface area contributed by atoms with Gasteiger partial charge in [0.2, 0.25) is 0 Å². The van der Waals surface area contributed by atoms with Crippen LogP contribution < -0.4 is 0 Å². The summed E-state index contributed by atoms with van der Waals surface area (Å²) >= 11 is 0. The van der Waals surface area contributed by atoms with Crippen LogP contribution in [-0.2, 0) is 9.53 Å². The van der Waals surface area contributed by atoms with Crippen molar-refractivity contribution in [2.75, 3.05) is 6.61 Å². The zero-order chi connectivity index (χ0) is 9.56. The van der Waals surface area contributed by atoms with Crippen LogP contribution in [0.2, 0.25) is 0 Å². The fourth-order valence-electron chi connectivity index (χ4n) is 1.15. The number of esters is 1. The van der Waals surface area contributed by atoms with E-state index in [0.29, 0.717) is 12.5 Å². The van der Waals surface area contributed by atoms with E-state index in [1.165, 1.54) is 0 Å². The summed E-state index contributed by atoms with van der Waals surface area (Å²) in [5, 5.41) is 0. The molecule has 0 N–H and O–H groups in total. The van der Waals surface area contributed by atoms with Crippen molar-refractivity contribution in [1.82, 2.24) is 0 Å². The van der Waals surface area contributed by atoms with Crippen molar-refractivity contribution >= 4 is 5.97 Å². The normalized spacial score (nSPS) is 15.3. The van der Waals surface area contributed by atoms with Gasteiger partial charge in [0.25, 0.3) is 0 Å². The Hall–Kier alpha value is -0.530. The highest BCUT2D eigenvalue weighted by atomic mass is 16.5. The van der Waals surface area contributed by atoms with E-state index >= 15 is 0 Å². The predicted octanol–water partition coefficient (Wildman–Crippen LogP) is 2.62. The molecule has 0 saturated carbocycles. The van der Waals surface area contributed by atoms with Crippen LogP contribution in [0.25, 0.3) is 0 Å². The number of ether oxygens (including phenoxy) is 1. The molecule has 0 saturated heterocycles. The Balaban J connectivity index is 3.70. The maximum atomic E-state index is 11.2. The number of rotatable bonds is 5. The third kappa shape index (κ3) is 4.37. The third-order valence-corrected chi connectivity index (χ3v) is 2.14. The van der Waals surface area contributed by atoms with Crippen molar-refractivity contribution in [3.05, 3.63) is 0 Å². The summed E-state index contributed by atoms with van der Waals surface area (Å²) < 4.78 is 4.91. The fourth-order valence-corrected chi connectivity index (χ4v) is 1.15. The lowest BCUT2D eigenvalue weighted by Crippen LogP contribution is -2.16. The van der Waals surface area contributed by atoms with Gasteiger partial charge in [0.05, 0.1) is 12.5 Å². The summed E-state index contributed by atoms with van der Waals surface area (Å²) in [5.41, 5.74) is 0. The molecule has 0 radical (unpaired) electrons. The molecule has 0 heterocycles. The van der Waals surface area contributed by atoms with E-state index in [1.54, 1.807) is 0 Å². The number of hydrogen-bond donors (Lipinski definition) is 0. The average Bonchev–Trinajstić information content (AvgIpc) is 2.04. The zero-order valence-electron chi connectivity index (χ0n) is 8.59. The number of hydrogen-bond acceptors (Lipinski definition) is 2. The first-order valence-electron chi connectivity index (χ1n) is 4.78. The van der Waals surface area contributed by atoms with Crippen molar-refractivity contribution in [3.8, 4) is 0 Å². The summed E-state index contributed by atoms with van der Waals surface area (Å²) in [6.07, 6.45) is 2.07. The highest BCUT2D eigenvalue weighted by Gasteiger charge is 2.15. The van der Waals surface area contributed by atoms with Gasteiger partial charge in [-0.2, -0.15) is 0 Å². The molecule has 2 heteroatoms. The predicted molar refractivity (Wildman–Crippen MR) is 49.9 cm³/mol. The van der Waals surface area contributed by atoms with Gasteiger partial charge in [0.1, 0.15) is 0 Å². The summed E-state index contributed by atoms with van der Waals surface area (Å²) in [7, 11) is 0. The smallest absolute Gasteiger partial charge is 0.308 e. The average molecular weight is 172 g/mol. The molecule has 2 nitrogen and oxygen atoms in total. The minimum Gasteiger partial charge on any atom is -0.466 e. The summed E-state index contributed by atoms with van der Waals surface area (Å²) in [5.74, 6) is 0.613. The third-order valence-electron chi connectivity index (χ3n) is 2.14. The van der Waals surface area contributed by atoms with Crippen LogP contribution in [0.5, 0.6) is 0 Å². The van der Waals surface area contributed by atoms with E-state index in [2.05, 4.69) is 13.8 Å². The fraction of sp³-hybridized carbons (Fsp3) is 0.900. The van der Waals surface area contributed by atoms with Gasteiger partial charge in [-0.05, 0) is 19.3 Å². The van der Waals surface area contributed by atoms with Crippen LogP contribution in [-0.4, -0.2) is 12.6 Å². The highest BCUT2D eigenvalue weighted by molar-refractivity contribution is 5.71. The van der Waals surface area contributed by atoms with Gasteiger partial charge in [-0.15, -0.1) is 0 Å². The maximum Gasteiger partial charge on any atom is 0.308 e. The van der Waals surface area contributed by atoms with Crippen LogP contribution >= 0.6 is 0 Å². The van der Waals surface area contributed by atoms with E-state index in [9.17, 15) is 4.79 Å². The highest BCUT2D eigenvalue weighted by Crippen LogP contribution is 2.15. The molecule has 0 aromatic heterocycles. The maximum absolute atomic E-state index is 11.2. The molecule has 0 bridgehead atoms. The molecule has 0 fully saturated rings. The molecule has 0 aromatic carbocycles. The second-order valence-corrected chi connectivity index (χ2v) is 3.40. The minimum atomic E-state index is -0.0576. The summed E-state index contributed by atoms with van der Waals surface area (Å²) in [4.78, 5) is 11.2. The van der Waals surface area contributed by atoms with E-state index in [-0.39, 0.29) is 11.9 Å². The molecule has 2 atom stereocenters. The second kappa shape index (κ2) is 6.04. The molecule has 0 amide bonds. The molecular formula is C10H20O2. The Labute approximate surface area is 75.3 Å². The zero-order valence-corrected chi connectivity index (χ0v) is 8.59. The SMILES string of the molecule is CCOC(=O)[C@@H](C)C[C@@H](C)CC. The van der Waals surface area contributed by atoms with Crippen LogP contribution in [0, 0.1) is 11.8 Å². The van der Waals surface area contributed by atoms with Gasteiger partial charge >= 0.3 is 5.97 Å². The molecule has 0 aliphatic rings. The standard InChI is InChI=1S/C10H20O2/c1-5-8(3)7-9(4)10(11)12-6-2/h8-9H,5-7H2,1-4H3/t8-,9-/m0/s1.